The summed E-state index contributed by atoms with van der Waals surface area (Å²) in [5.74, 6) is 0.136. The molecular formula is C11H20N4O. The fourth-order valence-electron chi connectivity index (χ4n) is 1.61. The van der Waals surface area contributed by atoms with Crippen molar-refractivity contribution >= 4 is 5.91 Å². The van der Waals surface area contributed by atoms with Crippen molar-refractivity contribution in [1.29, 1.82) is 0 Å². The largest absolute Gasteiger partial charge is 0.370 e. The molecule has 90 valence electrons. The highest BCUT2D eigenvalue weighted by atomic mass is 16.1. The van der Waals surface area contributed by atoms with Gasteiger partial charge >= 0.3 is 0 Å². The Morgan fingerprint density at radius 3 is 2.88 bits per heavy atom. The van der Waals surface area contributed by atoms with E-state index < -0.39 is 0 Å². The van der Waals surface area contributed by atoms with Crippen LogP contribution in [0.4, 0.5) is 0 Å². The molecule has 0 saturated carbocycles. The van der Waals surface area contributed by atoms with Gasteiger partial charge in [0.15, 0.2) is 0 Å². The zero-order chi connectivity index (χ0) is 12.1. The Morgan fingerprint density at radius 2 is 2.31 bits per heavy atom. The molecule has 16 heavy (non-hydrogen) atoms. The van der Waals surface area contributed by atoms with E-state index in [9.17, 15) is 4.79 Å². The molecule has 0 bridgehead atoms. The van der Waals surface area contributed by atoms with Crippen LogP contribution >= 0.6 is 0 Å². The number of hydrogen-bond donors (Lipinski definition) is 2. The van der Waals surface area contributed by atoms with Gasteiger partial charge in [-0.15, -0.1) is 0 Å². The maximum Gasteiger partial charge on any atom is 0.218 e. The van der Waals surface area contributed by atoms with E-state index in [-0.39, 0.29) is 5.91 Å². The molecule has 0 radical (unpaired) electrons. The maximum atomic E-state index is 10.6. The lowest BCUT2D eigenvalue weighted by Crippen LogP contribution is -2.21. The van der Waals surface area contributed by atoms with Gasteiger partial charge in [0.2, 0.25) is 5.91 Å². The van der Waals surface area contributed by atoms with Gasteiger partial charge in [-0.05, 0) is 5.92 Å². The second kappa shape index (κ2) is 5.65. The molecule has 1 amide bonds. The minimum Gasteiger partial charge on any atom is -0.370 e. The number of nitrogens with zero attached hydrogens (tertiary/aromatic N) is 2. The zero-order valence-electron chi connectivity index (χ0n) is 10.2. The van der Waals surface area contributed by atoms with Crippen LogP contribution in [-0.2, 0) is 18.4 Å². The third kappa shape index (κ3) is 3.66. The molecule has 1 heterocycles. The Kier molecular flexibility index (Phi) is 4.49. The number of carbonyl (C=O) groups is 1. The molecule has 5 nitrogen and oxygen atoms in total. The number of rotatable bonds is 6. The Balaban J connectivity index is 2.49. The molecule has 0 aliphatic heterocycles. The van der Waals surface area contributed by atoms with Crippen LogP contribution in [0.25, 0.3) is 0 Å². The van der Waals surface area contributed by atoms with Gasteiger partial charge in [0.1, 0.15) is 0 Å². The monoisotopic (exact) mass is 224 g/mol. The average molecular weight is 224 g/mol. The Bertz CT molecular complexity index is 357. The number of hydrogen-bond acceptors (Lipinski definition) is 3. The number of carbonyl (C=O) groups excluding carboxylic acids is 1. The SMILES string of the molecule is CC(C)c1nn(C)cc1CNCCC(N)=O. The molecule has 1 aromatic rings. The predicted molar refractivity (Wildman–Crippen MR) is 62.8 cm³/mol. The van der Waals surface area contributed by atoms with Gasteiger partial charge in [0.25, 0.3) is 0 Å². The van der Waals surface area contributed by atoms with Crippen molar-refractivity contribution in [3.63, 3.8) is 0 Å². The number of primary amides is 1. The molecule has 0 atom stereocenters. The highest BCUT2D eigenvalue weighted by molar-refractivity contribution is 5.73. The Morgan fingerprint density at radius 1 is 1.62 bits per heavy atom. The lowest BCUT2D eigenvalue weighted by atomic mass is 10.1. The maximum absolute atomic E-state index is 10.6. The van der Waals surface area contributed by atoms with Crippen LogP contribution in [0.5, 0.6) is 0 Å². The van der Waals surface area contributed by atoms with Crippen LogP contribution in [0, 0.1) is 0 Å². The average Bonchev–Trinajstić information content (AvgIpc) is 2.54. The first-order valence-electron chi connectivity index (χ1n) is 5.52. The molecule has 0 aliphatic rings. The van der Waals surface area contributed by atoms with Crippen molar-refractivity contribution in [3.05, 3.63) is 17.5 Å². The zero-order valence-corrected chi connectivity index (χ0v) is 10.2. The van der Waals surface area contributed by atoms with E-state index in [0.29, 0.717) is 18.9 Å². The first-order chi connectivity index (χ1) is 7.50. The topological polar surface area (TPSA) is 72.9 Å². The Hall–Kier alpha value is -1.36. The predicted octanol–water partition coefficient (Wildman–Crippen LogP) is 0.508. The van der Waals surface area contributed by atoms with E-state index in [0.717, 1.165) is 12.2 Å². The third-order valence-electron chi connectivity index (χ3n) is 2.35. The molecular weight excluding hydrogens is 204 g/mol. The van der Waals surface area contributed by atoms with Crippen LogP contribution in [-0.4, -0.2) is 22.2 Å². The van der Waals surface area contributed by atoms with Crippen molar-refractivity contribution in [2.75, 3.05) is 6.54 Å². The van der Waals surface area contributed by atoms with E-state index in [1.807, 2.05) is 17.9 Å². The van der Waals surface area contributed by atoms with E-state index in [1.165, 1.54) is 5.56 Å². The molecule has 3 N–H and O–H groups in total. The second-order valence-corrected chi connectivity index (χ2v) is 4.26. The normalized spacial score (nSPS) is 11.0. The summed E-state index contributed by atoms with van der Waals surface area (Å²) >= 11 is 0. The molecule has 1 aromatic heterocycles. The number of aryl methyl sites for hydroxylation is 1. The number of amides is 1. The van der Waals surface area contributed by atoms with Crippen molar-refractivity contribution < 1.29 is 4.79 Å². The van der Waals surface area contributed by atoms with Gasteiger partial charge in [0, 0.05) is 38.3 Å². The molecule has 0 aliphatic carbocycles. The number of nitrogens with one attached hydrogen (secondary N) is 1. The second-order valence-electron chi connectivity index (χ2n) is 4.26. The van der Waals surface area contributed by atoms with Gasteiger partial charge < -0.3 is 11.1 Å². The summed E-state index contributed by atoms with van der Waals surface area (Å²) < 4.78 is 1.82. The van der Waals surface area contributed by atoms with E-state index in [1.54, 1.807) is 0 Å². The van der Waals surface area contributed by atoms with Crippen molar-refractivity contribution in [2.45, 2.75) is 32.7 Å². The number of aromatic nitrogens is 2. The molecule has 0 spiro atoms. The molecule has 0 saturated heterocycles. The quantitative estimate of drug-likeness (QED) is 0.691. The summed E-state index contributed by atoms with van der Waals surface area (Å²) in [6.07, 6.45) is 2.38. The summed E-state index contributed by atoms with van der Waals surface area (Å²) in [5.41, 5.74) is 7.35. The first-order valence-corrected chi connectivity index (χ1v) is 5.52. The molecule has 5 heteroatoms. The van der Waals surface area contributed by atoms with Crippen LogP contribution in [0.15, 0.2) is 6.20 Å². The standard InChI is InChI=1S/C11H20N4O/c1-8(2)11-9(7-15(3)14-11)6-13-5-4-10(12)16/h7-8,13H,4-6H2,1-3H3,(H2,12,16). The number of nitrogens with two attached hydrogens (primary N) is 1. The molecule has 0 fully saturated rings. The molecule has 0 aromatic carbocycles. The molecule has 1 rings (SSSR count). The van der Waals surface area contributed by atoms with E-state index in [2.05, 4.69) is 24.3 Å². The van der Waals surface area contributed by atoms with Gasteiger partial charge in [-0.25, -0.2) is 0 Å². The summed E-state index contributed by atoms with van der Waals surface area (Å²) in [5, 5.41) is 7.60. The van der Waals surface area contributed by atoms with Crippen LogP contribution in [0.3, 0.4) is 0 Å². The van der Waals surface area contributed by atoms with Crippen LogP contribution < -0.4 is 11.1 Å². The third-order valence-corrected chi connectivity index (χ3v) is 2.35. The van der Waals surface area contributed by atoms with Gasteiger partial charge in [-0.2, -0.15) is 5.10 Å². The highest BCUT2D eigenvalue weighted by Gasteiger charge is 2.10. The minimum absolute atomic E-state index is 0.275. The lowest BCUT2D eigenvalue weighted by molar-refractivity contribution is -0.117. The van der Waals surface area contributed by atoms with Crippen molar-refractivity contribution in [1.82, 2.24) is 15.1 Å². The molecule has 0 unspecified atom stereocenters. The van der Waals surface area contributed by atoms with E-state index in [4.69, 9.17) is 5.73 Å². The highest BCUT2D eigenvalue weighted by Crippen LogP contribution is 2.16. The summed E-state index contributed by atoms with van der Waals surface area (Å²) in [4.78, 5) is 10.6. The van der Waals surface area contributed by atoms with Gasteiger partial charge in [-0.3, -0.25) is 9.48 Å². The minimum atomic E-state index is -0.275. The van der Waals surface area contributed by atoms with Crippen molar-refractivity contribution in [2.24, 2.45) is 12.8 Å². The smallest absolute Gasteiger partial charge is 0.218 e. The van der Waals surface area contributed by atoms with E-state index >= 15 is 0 Å². The summed E-state index contributed by atoms with van der Waals surface area (Å²) in [6.45, 7) is 5.58. The summed E-state index contributed by atoms with van der Waals surface area (Å²) in [7, 11) is 1.92. The summed E-state index contributed by atoms with van der Waals surface area (Å²) in [6, 6.07) is 0. The fraction of sp³-hybridized carbons (Fsp3) is 0.636. The van der Waals surface area contributed by atoms with Gasteiger partial charge in [0.05, 0.1) is 5.69 Å². The first kappa shape index (κ1) is 12.7. The fourth-order valence-corrected chi connectivity index (χ4v) is 1.61. The lowest BCUT2D eigenvalue weighted by Gasteiger charge is -2.05. The van der Waals surface area contributed by atoms with Crippen LogP contribution in [0.1, 0.15) is 37.4 Å². The van der Waals surface area contributed by atoms with Crippen molar-refractivity contribution in [3.8, 4) is 0 Å². The van der Waals surface area contributed by atoms with Crippen LogP contribution in [0.2, 0.25) is 0 Å². The Labute approximate surface area is 96.0 Å². The van der Waals surface area contributed by atoms with Gasteiger partial charge in [-0.1, -0.05) is 13.8 Å².